The Labute approximate surface area is 143 Å². The van der Waals surface area contributed by atoms with Gasteiger partial charge in [-0.05, 0) is 11.6 Å². The zero-order valence-electron chi connectivity index (χ0n) is 13.3. The van der Waals surface area contributed by atoms with E-state index in [0.29, 0.717) is 17.2 Å². The second-order valence-electron chi connectivity index (χ2n) is 5.29. The number of hydrogen-bond acceptors (Lipinski definition) is 5. The molecule has 3 rings (SSSR count). The van der Waals surface area contributed by atoms with Crippen LogP contribution in [-0.4, -0.2) is 19.7 Å². The maximum absolute atomic E-state index is 10.9. The van der Waals surface area contributed by atoms with Crippen LogP contribution < -0.4 is 0 Å². The Morgan fingerprint density at radius 1 is 1.20 bits per heavy atom. The van der Waals surface area contributed by atoms with Crippen molar-refractivity contribution >= 4 is 17.3 Å². The monoisotopic (exact) mass is 331 g/mol. The number of nitro benzene ring substituents is 1. The summed E-state index contributed by atoms with van der Waals surface area (Å²) < 4.78 is 1.72. The molecule has 0 unspecified atom stereocenters. The molecular weight excluding hydrogens is 318 g/mol. The van der Waals surface area contributed by atoms with E-state index in [2.05, 4.69) is 16.3 Å². The van der Waals surface area contributed by atoms with Gasteiger partial charge in [-0.25, -0.2) is 0 Å². The number of non-ortho nitro benzene ring substituents is 1. The predicted molar refractivity (Wildman–Crippen MR) is 93.0 cm³/mol. The summed E-state index contributed by atoms with van der Waals surface area (Å²) >= 11 is 0. The molecule has 0 bridgehead atoms. The lowest BCUT2D eigenvalue weighted by molar-refractivity contribution is -0.384. The Morgan fingerprint density at radius 3 is 2.64 bits per heavy atom. The Bertz CT molecular complexity index is 1000. The maximum atomic E-state index is 10.9. The highest BCUT2D eigenvalue weighted by atomic mass is 16.6. The molecule has 0 radical (unpaired) electrons. The Kier molecular flexibility index (Phi) is 4.35. The van der Waals surface area contributed by atoms with Gasteiger partial charge >= 0.3 is 0 Å². The largest absolute Gasteiger partial charge is 0.310 e. The fraction of sp³-hybridized carbons (Fsp3) is 0.0556. The molecule has 3 aromatic rings. The highest BCUT2D eigenvalue weighted by molar-refractivity contribution is 5.87. The first-order valence-corrected chi connectivity index (χ1v) is 7.41. The SMILES string of the molecule is Cn1c(/C(C#N)=C\c2cccc([N+](=O)[O-])c2)nnc1-c1ccccc1. The molecule has 25 heavy (non-hydrogen) atoms. The molecule has 7 heteroatoms. The summed E-state index contributed by atoms with van der Waals surface area (Å²) in [6.45, 7) is 0. The topological polar surface area (TPSA) is 97.6 Å². The van der Waals surface area contributed by atoms with Gasteiger partial charge in [0.2, 0.25) is 0 Å². The summed E-state index contributed by atoms with van der Waals surface area (Å²) in [5, 5.41) is 28.6. The molecule has 0 spiro atoms. The average Bonchev–Trinajstić information content (AvgIpc) is 3.02. The second kappa shape index (κ2) is 6.76. The van der Waals surface area contributed by atoms with Crippen LogP contribution in [-0.2, 0) is 7.05 Å². The third-order valence-corrected chi connectivity index (χ3v) is 3.66. The molecular formula is C18H13N5O2. The molecule has 0 atom stereocenters. The lowest BCUT2D eigenvalue weighted by Crippen LogP contribution is -1.98. The molecule has 0 aliphatic carbocycles. The normalized spacial score (nSPS) is 11.1. The van der Waals surface area contributed by atoms with E-state index in [1.807, 2.05) is 30.3 Å². The Balaban J connectivity index is 2.03. The molecule has 0 aliphatic heterocycles. The van der Waals surface area contributed by atoms with E-state index >= 15 is 0 Å². The molecule has 1 heterocycles. The average molecular weight is 331 g/mol. The minimum Gasteiger partial charge on any atom is -0.310 e. The molecule has 122 valence electrons. The lowest BCUT2D eigenvalue weighted by Gasteiger charge is -2.03. The summed E-state index contributed by atoms with van der Waals surface area (Å²) in [5.41, 5.74) is 1.68. The quantitative estimate of drug-likeness (QED) is 0.414. The predicted octanol–water partition coefficient (Wildman–Crippen LogP) is 3.45. The first kappa shape index (κ1) is 16.1. The van der Waals surface area contributed by atoms with Crippen molar-refractivity contribution in [2.45, 2.75) is 0 Å². The Hall–Kier alpha value is -3.79. The highest BCUT2D eigenvalue weighted by Crippen LogP contribution is 2.23. The van der Waals surface area contributed by atoms with E-state index in [1.165, 1.54) is 12.1 Å². The van der Waals surface area contributed by atoms with Gasteiger partial charge in [-0.3, -0.25) is 10.1 Å². The van der Waals surface area contributed by atoms with E-state index in [1.54, 1.807) is 29.8 Å². The van der Waals surface area contributed by atoms with Crippen molar-refractivity contribution in [2.75, 3.05) is 0 Å². The van der Waals surface area contributed by atoms with Crippen LogP contribution in [0.5, 0.6) is 0 Å². The molecule has 1 aromatic heterocycles. The van der Waals surface area contributed by atoms with Crippen LogP contribution in [0.1, 0.15) is 11.4 Å². The number of hydrogen-bond donors (Lipinski definition) is 0. The van der Waals surface area contributed by atoms with Crippen molar-refractivity contribution in [3.63, 3.8) is 0 Å². The van der Waals surface area contributed by atoms with Crippen LogP contribution in [0.25, 0.3) is 23.0 Å². The third-order valence-electron chi connectivity index (χ3n) is 3.66. The van der Waals surface area contributed by atoms with Gasteiger partial charge in [0.05, 0.1) is 10.5 Å². The fourth-order valence-corrected chi connectivity index (χ4v) is 2.44. The molecule has 0 aliphatic rings. The smallest absolute Gasteiger partial charge is 0.270 e. The maximum Gasteiger partial charge on any atom is 0.270 e. The Morgan fingerprint density at radius 2 is 1.96 bits per heavy atom. The van der Waals surface area contributed by atoms with E-state index in [4.69, 9.17) is 0 Å². The third kappa shape index (κ3) is 3.28. The van der Waals surface area contributed by atoms with E-state index < -0.39 is 4.92 Å². The number of aromatic nitrogens is 3. The zero-order chi connectivity index (χ0) is 17.8. The first-order valence-electron chi connectivity index (χ1n) is 7.41. The van der Waals surface area contributed by atoms with Crippen LogP contribution in [0.15, 0.2) is 54.6 Å². The summed E-state index contributed by atoms with van der Waals surface area (Å²) in [7, 11) is 1.77. The summed E-state index contributed by atoms with van der Waals surface area (Å²) in [6.07, 6.45) is 1.56. The fourth-order valence-electron chi connectivity index (χ4n) is 2.44. The van der Waals surface area contributed by atoms with Crippen LogP contribution in [0.2, 0.25) is 0 Å². The van der Waals surface area contributed by atoms with Crippen LogP contribution in [0, 0.1) is 21.4 Å². The highest BCUT2D eigenvalue weighted by Gasteiger charge is 2.14. The first-order chi connectivity index (χ1) is 12.1. The van der Waals surface area contributed by atoms with Crippen molar-refractivity contribution in [3.05, 3.63) is 76.1 Å². The number of nitro groups is 1. The van der Waals surface area contributed by atoms with Crippen molar-refractivity contribution < 1.29 is 4.92 Å². The van der Waals surface area contributed by atoms with Crippen LogP contribution in [0.3, 0.4) is 0 Å². The van der Waals surface area contributed by atoms with Gasteiger partial charge in [-0.2, -0.15) is 5.26 Å². The molecule has 0 saturated carbocycles. The van der Waals surface area contributed by atoms with Crippen LogP contribution in [0.4, 0.5) is 5.69 Å². The van der Waals surface area contributed by atoms with Crippen LogP contribution >= 0.6 is 0 Å². The number of nitriles is 1. The van der Waals surface area contributed by atoms with Crippen molar-refractivity contribution in [3.8, 4) is 17.5 Å². The van der Waals surface area contributed by atoms with Gasteiger partial charge in [0.15, 0.2) is 11.6 Å². The summed E-state index contributed by atoms with van der Waals surface area (Å²) in [4.78, 5) is 10.4. The zero-order valence-corrected chi connectivity index (χ0v) is 13.3. The van der Waals surface area contributed by atoms with Gasteiger partial charge in [0.25, 0.3) is 5.69 Å². The van der Waals surface area contributed by atoms with Crippen molar-refractivity contribution in [1.82, 2.24) is 14.8 Å². The standard InChI is InChI=1S/C18H13N5O2/c1-22-17(14-7-3-2-4-8-14)20-21-18(22)15(12-19)10-13-6-5-9-16(11-13)23(24)25/h2-11H,1H3/b15-10-. The summed E-state index contributed by atoms with van der Waals surface area (Å²) in [6, 6.07) is 17.7. The number of nitrogens with zero attached hydrogens (tertiary/aromatic N) is 5. The van der Waals surface area contributed by atoms with E-state index in [-0.39, 0.29) is 11.3 Å². The number of benzene rings is 2. The van der Waals surface area contributed by atoms with Crippen molar-refractivity contribution in [2.24, 2.45) is 7.05 Å². The number of allylic oxidation sites excluding steroid dienone is 1. The second-order valence-corrected chi connectivity index (χ2v) is 5.29. The van der Waals surface area contributed by atoms with Gasteiger partial charge < -0.3 is 4.57 Å². The molecule has 0 saturated heterocycles. The van der Waals surface area contributed by atoms with Gasteiger partial charge in [-0.15, -0.1) is 10.2 Å². The van der Waals surface area contributed by atoms with E-state index in [9.17, 15) is 15.4 Å². The summed E-state index contributed by atoms with van der Waals surface area (Å²) in [5.74, 6) is 1.03. The molecule has 0 amide bonds. The lowest BCUT2D eigenvalue weighted by atomic mass is 10.1. The minimum absolute atomic E-state index is 0.0334. The molecule has 2 aromatic carbocycles. The van der Waals surface area contributed by atoms with Gasteiger partial charge in [0.1, 0.15) is 6.07 Å². The van der Waals surface area contributed by atoms with Gasteiger partial charge in [-0.1, -0.05) is 42.5 Å². The number of rotatable bonds is 4. The van der Waals surface area contributed by atoms with E-state index in [0.717, 1.165) is 5.56 Å². The van der Waals surface area contributed by atoms with Gasteiger partial charge in [0, 0.05) is 24.7 Å². The molecule has 0 N–H and O–H groups in total. The minimum atomic E-state index is -0.473. The molecule has 7 nitrogen and oxygen atoms in total. The molecule has 0 fully saturated rings. The van der Waals surface area contributed by atoms with Crippen molar-refractivity contribution in [1.29, 1.82) is 5.26 Å².